The second-order valence-corrected chi connectivity index (χ2v) is 6.64. The van der Waals surface area contributed by atoms with Crippen LogP contribution in [0.3, 0.4) is 0 Å². The normalized spacial score (nSPS) is 10.6. The Morgan fingerprint density at radius 2 is 1.53 bits per heavy atom. The fourth-order valence-electron chi connectivity index (χ4n) is 2.97. The molecule has 1 heterocycles. The lowest BCUT2D eigenvalue weighted by atomic mass is 10.2. The van der Waals surface area contributed by atoms with E-state index in [1.54, 1.807) is 37.6 Å². The van der Waals surface area contributed by atoms with Gasteiger partial charge < -0.3 is 20.1 Å². The number of pyridine rings is 1. The smallest absolute Gasteiger partial charge is 0.323 e. The number of urea groups is 1. The van der Waals surface area contributed by atoms with Gasteiger partial charge in [0.25, 0.3) is 0 Å². The van der Waals surface area contributed by atoms with Crippen molar-refractivity contribution >= 4 is 28.3 Å². The molecule has 0 saturated carbocycles. The van der Waals surface area contributed by atoms with Crippen molar-refractivity contribution in [2.75, 3.05) is 17.7 Å². The van der Waals surface area contributed by atoms with E-state index in [0.717, 1.165) is 18.2 Å². The van der Waals surface area contributed by atoms with E-state index >= 15 is 0 Å². The Kier molecular flexibility index (Phi) is 5.80. The lowest BCUT2D eigenvalue weighted by molar-refractivity contribution is 0.262. The van der Waals surface area contributed by atoms with Crippen LogP contribution >= 0.6 is 0 Å². The Labute approximate surface area is 180 Å². The van der Waals surface area contributed by atoms with Gasteiger partial charge in [0.15, 0.2) is 0 Å². The first-order valence-electron chi connectivity index (χ1n) is 9.36. The number of rotatable bonds is 5. The van der Waals surface area contributed by atoms with Gasteiger partial charge >= 0.3 is 6.03 Å². The van der Waals surface area contributed by atoms with Gasteiger partial charge in [-0.2, -0.15) is 0 Å². The van der Waals surface area contributed by atoms with E-state index in [-0.39, 0.29) is 17.1 Å². The van der Waals surface area contributed by atoms with E-state index in [2.05, 4.69) is 15.6 Å². The molecular formula is C23H16F3N3O3. The lowest BCUT2D eigenvalue weighted by Crippen LogP contribution is -2.20. The second kappa shape index (κ2) is 8.84. The van der Waals surface area contributed by atoms with Crippen LogP contribution in [-0.4, -0.2) is 18.1 Å². The number of amides is 2. The van der Waals surface area contributed by atoms with Crippen LogP contribution in [0.4, 0.5) is 29.3 Å². The highest BCUT2D eigenvalue weighted by atomic mass is 19.1. The number of anilines is 2. The largest absolute Gasteiger partial charge is 0.497 e. The van der Waals surface area contributed by atoms with E-state index in [4.69, 9.17) is 9.47 Å². The molecule has 9 heteroatoms. The van der Waals surface area contributed by atoms with Crippen LogP contribution in [0.5, 0.6) is 17.2 Å². The first-order chi connectivity index (χ1) is 15.4. The highest BCUT2D eigenvalue weighted by molar-refractivity contribution is 6.00. The van der Waals surface area contributed by atoms with Crippen molar-refractivity contribution < 1.29 is 27.4 Å². The molecule has 0 radical (unpaired) electrons. The summed E-state index contributed by atoms with van der Waals surface area (Å²) in [5.74, 6) is -1.26. The third-order valence-corrected chi connectivity index (χ3v) is 4.50. The molecule has 0 aliphatic rings. The lowest BCUT2D eigenvalue weighted by Gasteiger charge is -2.12. The minimum absolute atomic E-state index is 0.154. The van der Waals surface area contributed by atoms with Crippen LogP contribution in [0.15, 0.2) is 66.9 Å². The zero-order chi connectivity index (χ0) is 22.7. The molecule has 0 fully saturated rings. The van der Waals surface area contributed by atoms with Gasteiger partial charge in [0.2, 0.25) is 0 Å². The first-order valence-corrected chi connectivity index (χ1v) is 9.36. The number of aromatic nitrogens is 1. The molecular weight excluding hydrogens is 423 g/mol. The van der Waals surface area contributed by atoms with Crippen LogP contribution in [0.25, 0.3) is 10.9 Å². The monoisotopic (exact) mass is 439 g/mol. The van der Waals surface area contributed by atoms with Crippen LogP contribution in [-0.2, 0) is 0 Å². The van der Waals surface area contributed by atoms with Gasteiger partial charge in [-0.3, -0.25) is 4.98 Å². The Morgan fingerprint density at radius 1 is 0.844 bits per heavy atom. The van der Waals surface area contributed by atoms with Crippen LogP contribution in [0.1, 0.15) is 0 Å². The molecule has 4 aromatic rings. The number of ether oxygens (including phenoxy) is 2. The van der Waals surface area contributed by atoms with Crippen molar-refractivity contribution in [3.05, 3.63) is 84.3 Å². The Hall–Kier alpha value is -4.27. The number of benzene rings is 3. The van der Waals surface area contributed by atoms with Crippen LogP contribution in [0.2, 0.25) is 0 Å². The Morgan fingerprint density at radius 3 is 2.22 bits per heavy atom. The number of fused-ring (bicyclic) bond motifs is 1. The molecule has 0 aliphatic carbocycles. The standard InChI is InChI=1S/C23H16F3N3O3/c1-31-14-3-6-19-16(11-14)22(8-9-27-19)32-15-4-7-21(18(26)12-15)29-23(30)28-20-5-2-13(24)10-17(20)25/h2-12H,1H3,(H2,28,29,30). The van der Waals surface area contributed by atoms with Gasteiger partial charge in [0.1, 0.15) is 34.7 Å². The topological polar surface area (TPSA) is 72.5 Å². The molecule has 3 aromatic carbocycles. The van der Waals surface area contributed by atoms with Gasteiger partial charge in [-0.05, 0) is 48.5 Å². The summed E-state index contributed by atoms with van der Waals surface area (Å²) < 4.78 is 52.2. The summed E-state index contributed by atoms with van der Waals surface area (Å²) in [5.41, 5.74) is 0.273. The van der Waals surface area contributed by atoms with Gasteiger partial charge in [-0.15, -0.1) is 0 Å². The molecule has 4 rings (SSSR count). The van der Waals surface area contributed by atoms with Crippen LogP contribution in [0, 0.1) is 17.5 Å². The maximum atomic E-state index is 14.5. The van der Waals surface area contributed by atoms with Crippen molar-refractivity contribution in [3.8, 4) is 17.2 Å². The number of hydrogen-bond acceptors (Lipinski definition) is 4. The number of nitrogens with one attached hydrogen (secondary N) is 2. The minimum Gasteiger partial charge on any atom is -0.497 e. The molecule has 2 amide bonds. The maximum absolute atomic E-state index is 14.5. The zero-order valence-corrected chi connectivity index (χ0v) is 16.7. The summed E-state index contributed by atoms with van der Waals surface area (Å²) in [6, 6.07) is 12.6. The maximum Gasteiger partial charge on any atom is 0.323 e. The van der Waals surface area contributed by atoms with E-state index in [9.17, 15) is 18.0 Å². The summed E-state index contributed by atoms with van der Waals surface area (Å²) in [6.45, 7) is 0. The third kappa shape index (κ3) is 4.56. The summed E-state index contributed by atoms with van der Waals surface area (Å²) in [7, 11) is 1.54. The molecule has 0 spiro atoms. The fraction of sp³-hybridized carbons (Fsp3) is 0.0435. The van der Waals surface area contributed by atoms with Crippen molar-refractivity contribution in [1.82, 2.24) is 4.98 Å². The van der Waals surface area contributed by atoms with Crippen molar-refractivity contribution in [1.29, 1.82) is 0 Å². The average molecular weight is 439 g/mol. The Balaban J connectivity index is 1.50. The molecule has 0 saturated heterocycles. The minimum atomic E-state index is -0.953. The number of carbonyl (C=O) groups is 1. The molecule has 1 aromatic heterocycles. The van der Waals surface area contributed by atoms with E-state index in [1.165, 1.54) is 12.1 Å². The van der Waals surface area contributed by atoms with Crippen LogP contribution < -0.4 is 20.1 Å². The quantitative estimate of drug-likeness (QED) is 0.394. The molecule has 0 atom stereocenters. The number of halogens is 3. The molecule has 0 bridgehead atoms. The molecule has 162 valence electrons. The number of methoxy groups -OCH3 is 1. The third-order valence-electron chi connectivity index (χ3n) is 4.50. The van der Waals surface area contributed by atoms with Gasteiger partial charge in [-0.25, -0.2) is 18.0 Å². The molecule has 0 unspecified atom stereocenters. The SMILES string of the molecule is COc1ccc2nccc(Oc3ccc(NC(=O)Nc4ccc(F)cc4F)c(F)c3)c2c1. The van der Waals surface area contributed by atoms with E-state index in [1.807, 2.05) is 0 Å². The number of hydrogen-bond donors (Lipinski definition) is 2. The van der Waals surface area contributed by atoms with Gasteiger partial charge in [0, 0.05) is 23.7 Å². The van der Waals surface area contributed by atoms with E-state index in [0.29, 0.717) is 28.5 Å². The second-order valence-electron chi connectivity index (χ2n) is 6.64. The number of nitrogens with zero attached hydrogens (tertiary/aromatic N) is 1. The summed E-state index contributed by atoms with van der Waals surface area (Å²) in [5, 5.41) is 5.13. The van der Waals surface area contributed by atoms with Crippen molar-refractivity contribution in [3.63, 3.8) is 0 Å². The van der Waals surface area contributed by atoms with Crippen molar-refractivity contribution in [2.24, 2.45) is 0 Å². The highest BCUT2D eigenvalue weighted by Crippen LogP contribution is 2.32. The first kappa shape index (κ1) is 21.0. The van der Waals surface area contributed by atoms with Crippen molar-refractivity contribution in [2.45, 2.75) is 0 Å². The summed E-state index contributed by atoms with van der Waals surface area (Å²) in [4.78, 5) is 16.3. The number of carbonyl (C=O) groups excluding carboxylic acids is 1. The predicted molar refractivity (Wildman–Crippen MR) is 114 cm³/mol. The molecule has 6 nitrogen and oxygen atoms in total. The molecule has 0 aliphatic heterocycles. The summed E-state index contributed by atoms with van der Waals surface area (Å²) >= 11 is 0. The predicted octanol–water partition coefficient (Wildman–Crippen LogP) is 6.10. The average Bonchev–Trinajstić information content (AvgIpc) is 2.77. The zero-order valence-electron chi connectivity index (χ0n) is 16.7. The van der Waals surface area contributed by atoms with E-state index < -0.39 is 23.5 Å². The highest BCUT2D eigenvalue weighted by Gasteiger charge is 2.12. The molecule has 32 heavy (non-hydrogen) atoms. The Bertz CT molecular complexity index is 1310. The van der Waals surface area contributed by atoms with Gasteiger partial charge in [0.05, 0.1) is 24.0 Å². The summed E-state index contributed by atoms with van der Waals surface area (Å²) in [6.07, 6.45) is 1.56. The molecule has 2 N–H and O–H groups in total. The fourth-order valence-corrected chi connectivity index (χ4v) is 2.97. The van der Waals surface area contributed by atoms with Gasteiger partial charge in [-0.1, -0.05) is 0 Å².